The summed E-state index contributed by atoms with van der Waals surface area (Å²) >= 11 is 0. The maximum atomic E-state index is 12.4. The van der Waals surface area contributed by atoms with Crippen LogP contribution in [0.5, 0.6) is 5.75 Å². The monoisotopic (exact) mass is 402 g/mol. The van der Waals surface area contributed by atoms with Crippen LogP contribution in [-0.4, -0.2) is 35.8 Å². The molecule has 1 saturated heterocycles. The SMILES string of the molecule is Cc1ccc(C)c(OCC(=O)Nc2cccc(-c3ccc(N4CCCC4)nn3)c2)c1. The third kappa shape index (κ3) is 4.76. The third-order valence-corrected chi connectivity index (χ3v) is 5.23. The number of rotatable bonds is 6. The molecule has 1 aliphatic rings. The van der Waals surface area contributed by atoms with Crippen LogP contribution in [0.15, 0.2) is 54.6 Å². The van der Waals surface area contributed by atoms with Crippen molar-refractivity contribution in [3.05, 3.63) is 65.7 Å². The number of nitrogens with zero attached hydrogens (tertiary/aromatic N) is 3. The van der Waals surface area contributed by atoms with Crippen molar-refractivity contribution in [1.29, 1.82) is 0 Å². The lowest BCUT2D eigenvalue weighted by molar-refractivity contribution is -0.118. The smallest absolute Gasteiger partial charge is 0.262 e. The van der Waals surface area contributed by atoms with Crippen LogP contribution in [0.3, 0.4) is 0 Å². The van der Waals surface area contributed by atoms with Gasteiger partial charge in [0.1, 0.15) is 5.75 Å². The minimum absolute atomic E-state index is 0.0428. The highest BCUT2D eigenvalue weighted by molar-refractivity contribution is 5.92. The van der Waals surface area contributed by atoms with E-state index < -0.39 is 0 Å². The minimum atomic E-state index is -0.205. The Hall–Kier alpha value is -3.41. The highest BCUT2D eigenvalue weighted by Gasteiger charge is 2.14. The second kappa shape index (κ2) is 8.95. The summed E-state index contributed by atoms with van der Waals surface area (Å²) in [5.41, 5.74) is 4.49. The Morgan fingerprint density at radius 2 is 1.87 bits per heavy atom. The normalized spacial score (nSPS) is 13.3. The average Bonchev–Trinajstić information content (AvgIpc) is 3.30. The van der Waals surface area contributed by atoms with Crippen molar-refractivity contribution in [3.8, 4) is 17.0 Å². The molecule has 0 atom stereocenters. The number of benzene rings is 2. The molecule has 2 aromatic carbocycles. The van der Waals surface area contributed by atoms with E-state index in [9.17, 15) is 4.79 Å². The van der Waals surface area contributed by atoms with E-state index in [0.29, 0.717) is 5.69 Å². The number of carbonyl (C=O) groups excluding carboxylic acids is 1. The van der Waals surface area contributed by atoms with E-state index in [1.807, 2.05) is 68.4 Å². The van der Waals surface area contributed by atoms with Crippen molar-refractivity contribution in [2.75, 3.05) is 29.9 Å². The molecule has 1 aliphatic heterocycles. The number of hydrogen-bond donors (Lipinski definition) is 1. The quantitative estimate of drug-likeness (QED) is 0.663. The Labute approximate surface area is 176 Å². The van der Waals surface area contributed by atoms with Crippen molar-refractivity contribution in [2.24, 2.45) is 0 Å². The van der Waals surface area contributed by atoms with Crippen molar-refractivity contribution < 1.29 is 9.53 Å². The molecule has 2 heterocycles. The summed E-state index contributed by atoms with van der Waals surface area (Å²) in [4.78, 5) is 14.6. The molecule has 1 fully saturated rings. The molecule has 0 spiro atoms. The van der Waals surface area contributed by atoms with Crippen LogP contribution in [0.1, 0.15) is 24.0 Å². The predicted octanol–water partition coefficient (Wildman–Crippen LogP) is 4.38. The number of ether oxygens (including phenoxy) is 1. The van der Waals surface area contributed by atoms with Gasteiger partial charge in [0.25, 0.3) is 5.91 Å². The lowest BCUT2D eigenvalue weighted by Crippen LogP contribution is -2.20. The molecule has 154 valence electrons. The third-order valence-electron chi connectivity index (χ3n) is 5.23. The molecule has 4 rings (SSSR count). The van der Waals surface area contributed by atoms with Gasteiger partial charge in [0.05, 0.1) is 5.69 Å². The number of aryl methyl sites for hydroxylation is 2. The Morgan fingerprint density at radius 3 is 2.63 bits per heavy atom. The van der Waals surface area contributed by atoms with E-state index in [-0.39, 0.29) is 12.5 Å². The molecule has 1 aromatic heterocycles. The summed E-state index contributed by atoms with van der Waals surface area (Å²) in [5.74, 6) is 1.44. The molecule has 6 heteroatoms. The molecule has 0 aliphatic carbocycles. The van der Waals surface area contributed by atoms with Crippen molar-refractivity contribution in [1.82, 2.24) is 10.2 Å². The second-order valence-electron chi connectivity index (χ2n) is 7.66. The molecule has 0 bridgehead atoms. The maximum absolute atomic E-state index is 12.4. The first-order valence-corrected chi connectivity index (χ1v) is 10.3. The maximum Gasteiger partial charge on any atom is 0.262 e. The summed E-state index contributed by atoms with van der Waals surface area (Å²) in [6, 6.07) is 17.5. The molecular weight excluding hydrogens is 376 g/mol. The number of hydrogen-bond acceptors (Lipinski definition) is 5. The van der Waals surface area contributed by atoms with Gasteiger partial charge in [0.2, 0.25) is 0 Å². The predicted molar refractivity (Wildman–Crippen MR) is 119 cm³/mol. The van der Waals surface area contributed by atoms with Crippen molar-refractivity contribution in [2.45, 2.75) is 26.7 Å². The van der Waals surface area contributed by atoms with Gasteiger partial charge in [0.15, 0.2) is 12.4 Å². The Bertz CT molecular complexity index is 1030. The van der Waals surface area contributed by atoms with E-state index >= 15 is 0 Å². The molecule has 1 N–H and O–H groups in total. The zero-order valence-electron chi connectivity index (χ0n) is 17.4. The van der Waals surface area contributed by atoms with Gasteiger partial charge in [-0.3, -0.25) is 4.79 Å². The van der Waals surface area contributed by atoms with E-state index in [2.05, 4.69) is 20.4 Å². The van der Waals surface area contributed by atoms with Crippen LogP contribution >= 0.6 is 0 Å². The Balaban J connectivity index is 1.39. The molecule has 3 aromatic rings. The van der Waals surface area contributed by atoms with Gasteiger partial charge in [-0.2, -0.15) is 0 Å². The van der Waals surface area contributed by atoms with E-state index in [0.717, 1.165) is 47.0 Å². The first-order chi connectivity index (χ1) is 14.6. The largest absolute Gasteiger partial charge is 0.483 e. The van der Waals surface area contributed by atoms with E-state index in [1.54, 1.807) is 0 Å². The average molecular weight is 402 g/mol. The summed E-state index contributed by atoms with van der Waals surface area (Å²) in [5, 5.41) is 11.6. The van der Waals surface area contributed by atoms with Gasteiger partial charge < -0.3 is 15.0 Å². The Morgan fingerprint density at radius 1 is 1.03 bits per heavy atom. The highest BCUT2D eigenvalue weighted by Crippen LogP contribution is 2.23. The lowest BCUT2D eigenvalue weighted by atomic mass is 10.1. The fourth-order valence-corrected chi connectivity index (χ4v) is 3.55. The van der Waals surface area contributed by atoms with Crippen molar-refractivity contribution in [3.63, 3.8) is 0 Å². The topological polar surface area (TPSA) is 67.3 Å². The molecule has 0 saturated carbocycles. The van der Waals surface area contributed by atoms with Crippen LogP contribution in [-0.2, 0) is 4.79 Å². The lowest BCUT2D eigenvalue weighted by Gasteiger charge is -2.15. The number of aromatic nitrogens is 2. The molecule has 30 heavy (non-hydrogen) atoms. The van der Waals surface area contributed by atoms with Crippen molar-refractivity contribution >= 4 is 17.4 Å². The standard InChI is InChI=1S/C24H26N4O2/c1-17-8-9-18(2)22(14-17)30-16-24(29)25-20-7-5-6-19(15-20)21-10-11-23(27-26-21)28-12-3-4-13-28/h5-11,14-15H,3-4,12-13,16H2,1-2H3,(H,25,29). The zero-order valence-corrected chi connectivity index (χ0v) is 17.4. The van der Waals surface area contributed by atoms with Gasteiger partial charge in [-0.05, 0) is 68.1 Å². The van der Waals surface area contributed by atoms with Gasteiger partial charge in [-0.15, -0.1) is 10.2 Å². The summed E-state index contributed by atoms with van der Waals surface area (Å²) < 4.78 is 5.69. The number of amides is 1. The van der Waals surface area contributed by atoms with Crippen LogP contribution in [0.25, 0.3) is 11.3 Å². The highest BCUT2D eigenvalue weighted by atomic mass is 16.5. The number of anilines is 2. The van der Waals surface area contributed by atoms with Gasteiger partial charge in [-0.25, -0.2) is 0 Å². The fourth-order valence-electron chi connectivity index (χ4n) is 3.55. The Kier molecular flexibility index (Phi) is 5.93. The molecule has 0 radical (unpaired) electrons. The van der Waals surface area contributed by atoms with E-state index in [4.69, 9.17) is 4.74 Å². The molecule has 1 amide bonds. The number of nitrogens with one attached hydrogen (secondary N) is 1. The van der Waals surface area contributed by atoms with E-state index in [1.165, 1.54) is 12.8 Å². The molecular formula is C24H26N4O2. The zero-order chi connectivity index (χ0) is 20.9. The molecule has 6 nitrogen and oxygen atoms in total. The fraction of sp³-hybridized carbons (Fsp3) is 0.292. The van der Waals surface area contributed by atoms with Gasteiger partial charge in [-0.1, -0.05) is 24.3 Å². The van der Waals surface area contributed by atoms with Gasteiger partial charge >= 0.3 is 0 Å². The van der Waals surface area contributed by atoms with Crippen LogP contribution in [0, 0.1) is 13.8 Å². The summed E-state index contributed by atoms with van der Waals surface area (Å²) in [6.07, 6.45) is 2.41. The first kappa shape index (κ1) is 19.9. The number of carbonyl (C=O) groups is 1. The van der Waals surface area contributed by atoms with Crippen LogP contribution < -0.4 is 15.0 Å². The first-order valence-electron chi connectivity index (χ1n) is 10.3. The van der Waals surface area contributed by atoms with Crippen LogP contribution in [0.4, 0.5) is 11.5 Å². The van der Waals surface area contributed by atoms with Crippen LogP contribution in [0.2, 0.25) is 0 Å². The summed E-state index contributed by atoms with van der Waals surface area (Å²) in [7, 11) is 0. The summed E-state index contributed by atoms with van der Waals surface area (Å²) in [6.45, 7) is 6.00. The van der Waals surface area contributed by atoms with Gasteiger partial charge in [0, 0.05) is 24.3 Å². The minimum Gasteiger partial charge on any atom is -0.483 e. The second-order valence-corrected chi connectivity index (χ2v) is 7.66. The molecule has 0 unspecified atom stereocenters.